The molecular formula is C13H17N3O2S2. The van der Waals surface area contributed by atoms with Crippen molar-refractivity contribution in [2.24, 2.45) is 0 Å². The molecule has 0 aromatic carbocycles. The van der Waals surface area contributed by atoms with Crippen LogP contribution >= 0.6 is 11.3 Å². The lowest BCUT2D eigenvalue weighted by Crippen LogP contribution is -2.15. The van der Waals surface area contributed by atoms with Gasteiger partial charge >= 0.3 is 0 Å². The molecule has 3 rings (SSSR count). The number of anilines is 1. The summed E-state index contributed by atoms with van der Waals surface area (Å²) in [5, 5.41) is 4.28. The van der Waals surface area contributed by atoms with Gasteiger partial charge in [0.1, 0.15) is 26.3 Å². The largest absolute Gasteiger partial charge is 0.368 e. The number of aryl methyl sites for hydroxylation is 3. The van der Waals surface area contributed by atoms with Crippen LogP contribution < -0.4 is 5.32 Å². The molecule has 2 aromatic rings. The molecule has 0 amide bonds. The summed E-state index contributed by atoms with van der Waals surface area (Å²) >= 11 is 1.74. The lowest BCUT2D eigenvalue weighted by molar-refractivity contribution is 0.602. The Bertz CT molecular complexity index is 766. The van der Waals surface area contributed by atoms with Crippen LogP contribution in [0.3, 0.4) is 0 Å². The molecule has 1 aliphatic carbocycles. The molecule has 1 aliphatic rings. The van der Waals surface area contributed by atoms with E-state index in [2.05, 4.69) is 15.3 Å². The van der Waals surface area contributed by atoms with E-state index in [1.165, 1.54) is 23.1 Å². The van der Waals surface area contributed by atoms with Crippen LogP contribution in [0.25, 0.3) is 10.2 Å². The van der Waals surface area contributed by atoms with Gasteiger partial charge in [-0.1, -0.05) is 0 Å². The van der Waals surface area contributed by atoms with E-state index in [4.69, 9.17) is 0 Å². The maximum atomic E-state index is 11.2. The first-order valence-electron chi connectivity index (χ1n) is 6.64. The number of nitrogens with zero attached hydrogens (tertiary/aromatic N) is 2. The van der Waals surface area contributed by atoms with Crippen molar-refractivity contribution in [1.82, 2.24) is 9.97 Å². The van der Waals surface area contributed by atoms with Gasteiger partial charge in [-0.15, -0.1) is 11.3 Å². The first-order valence-corrected chi connectivity index (χ1v) is 9.52. The summed E-state index contributed by atoms with van der Waals surface area (Å²) < 4.78 is 22.4. The Labute approximate surface area is 122 Å². The van der Waals surface area contributed by atoms with Gasteiger partial charge in [-0.25, -0.2) is 18.4 Å². The van der Waals surface area contributed by atoms with Crippen molar-refractivity contribution in [3.05, 3.63) is 16.3 Å². The summed E-state index contributed by atoms with van der Waals surface area (Å²) in [4.78, 5) is 11.4. The third kappa shape index (κ3) is 2.64. The van der Waals surface area contributed by atoms with E-state index in [-0.39, 0.29) is 5.75 Å². The van der Waals surface area contributed by atoms with Gasteiger partial charge in [0, 0.05) is 17.7 Å². The smallest absolute Gasteiger partial charge is 0.149 e. The maximum Gasteiger partial charge on any atom is 0.149 e. The van der Waals surface area contributed by atoms with Crippen LogP contribution in [0, 0.1) is 6.92 Å². The van der Waals surface area contributed by atoms with Crippen molar-refractivity contribution in [2.75, 3.05) is 23.9 Å². The second-order valence-electron chi connectivity index (χ2n) is 5.21. The number of fused-ring (bicyclic) bond motifs is 3. The van der Waals surface area contributed by atoms with E-state index in [0.29, 0.717) is 6.54 Å². The first kappa shape index (κ1) is 13.8. The lowest BCUT2D eigenvalue weighted by atomic mass is 10.2. The number of rotatable bonds is 4. The molecule has 0 radical (unpaired) electrons. The highest BCUT2D eigenvalue weighted by atomic mass is 32.2. The number of hydrogen-bond acceptors (Lipinski definition) is 6. The number of nitrogens with one attached hydrogen (secondary N) is 1. The first-order chi connectivity index (χ1) is 9.44. The van der Waals surface area contributed by atoms with Gasteiger partial charge in [-0.05, 0) is 31.7 Å². The molecule has 5 nitrogen and oxygen atoms in total. The van der Waals surface area contributed by atoms with Crippen LogP contribution in [0.5, 0.6) is 0 Å². The predicted octanol–water partition coefficient (Wildman–Crippen LogP) is 1.94. The number of sulfone groups is 1. The molecule has 2 aromatic heterocycles. The molecule has 0 saturated heterocycles. The number of hydrogen-bond donors (Lipinski definition) is 1. The molecule has 0 bridgehead atoms. The summed E-state index contributed by atoms with van der Waals surface area (Å²) in [5.74, 6) is 1.62. The van der Waals surface area contributed by atoms with Gasteiger partial charge in [-0.3, -0.25) is 0 Å². The monoisotopic (exact) mass is 311 g/mol. The van der Waals surface area contributed by atoms with E-state index in [1.807, 2.05) is 6.92 Å². The van der Waals surface area contributed by atoms with Crippen molar-refractivity contribution in [3.63, 3.8) is 0 Å². The Morgan fingerprint density at radius 1 is 1.30 bits per heavy atom. The Morgan fingerprint density at radius 2 is 2.10 bits per heavy atom. The highest BCUT2D eigenvalue weighted by Gasteiger charge is 2.21. The van der Waals surface area contributed by atoms with Crippen LogP contribution in [0.1, 0.15) is 22.7 Å². The van der Waals surface area contributed by atoms with Crippen LogP contribution in [0.2, 0.25) is 0 Å². The highest BCUT2D eigenvalue weighted by Crippen LogP contribution is 2.39. The van der Waals surface area contributed by atoms with Gasteiger partial charge in [0.25, 0.3) is 0 Å². The van der Waals surface area contributed by atoms with Crippen molar-refractivity contribution >= 4 is 37.2 Å². The molecule has 0 unspecified atom stereocenters. The molecule has 0 fully saturated rings. The molecule has 0 saturated carbocycles. The van der Waals surface area contributed by atoms with Crippen LogP contribution in [-0.4, -0.2) is 36.9 Å². The second-order valence-corrected chi connectivity index (χ2v) is 8.56. The summed E-state index contributed by atoms with van der Waals surface area (Å²) in [7, 11) is -2.96. The minimum Gasteiger partial charge on any atom is -0.368 e. The highest BCUT2D eigenvalue weighted by molar-refractivity contribution is 7.90. The quantitative estimate of drug-likeness (QED) is 0.934. The average molecular weight is 311 g/mol. The summed E-state index contributed by atoms with van der Waals surface area (Å²) in [6.45, 7) is 2.25. The molecule has 0 spiro atoms. The van der Waals surface area contributed by atoms with E-state index in [1.54, 1.807) is 11.3 Å². The van der Waals surface area contributed by atoms with E-state index in [9.17, 15) is 8.42 Å². The minimum atomic E-state index is -2.96. The van der Waals surface area contributed by atoms with E-state index in [0.717, 1.165) is 34.7 Å². The summed E-state index contributed by atoms with van der Waals surface area (Å²) in [5.41, 5.74) is 1.35. The molecule has 20 heavy (non-hydrogen) atoms. The zero-order valence-corrected chi connectivity index (χ0v) is 13.2. The Morgan fingerprint density at radius 3 is 2.85 bits per heavy atom. The fraction of sp³-hybridized carbons (Fsp3) is 0.538. The van der Waals surface area contributed by atoms with Gasteiger partial charge in [0.15, 0.2) is 0 Å². The third-order valence-corrected chi connectivity index (χ3v) is 5.57. The molecular weight excluding hydrogens is 294 g/mol. The standard InChI is InChI=1S/C13H17N3O2S2/c1-8-15-12(14-6-7-20(2,17)18)11-9-4-3-5-10(9)19-13(11)16-8/h3-7H2,1-2H3,(H,14,15,16). The van der Waals surface area contributed by atoms with Crippen LogP contribution in [0.15, 0.2) is 0 Å². The average Bonchev–Trinajstić information content (AvgIpc) is 2.85. The van der Waals surface area contributed by atoms with Crippen molar-refractivity contribution in [3.8, 4) is 0 Å². The minimum absolute atomic E-state index is 0.115. The zero-order chi connectivity index (χ0) is 14.3. The Hall–Kier alpha value is -1.21. The summed E-state index contributed by atoms with van der Waals surface area (Å²) in [6.07, 6.45) is 4.63. The Balaban J connectivity index is 1.97. The topological polar surface area (TPSA) is 72.0 Å². The van der Waals surface area contributed by atoms with Crippen molar-refractivity contribution < 1.29 is 8.42 Å². The molecule has 0 aliphatic heterocycles. The zero-order valence-electron chi connectivity index (χ0n) is 11.6. The fourth-order valence-corrected chi connectivity index (χ4v) is 4.36. The van der Waals surface area contributed by atoms with Crippen molar-refractivity contribution in [2.45, 2.75) is 26.2 Å². The molecule has 108 valence electrons. The third-order valence-electron chi connectivity index (χ3n) is 3.44. The van der Waals surface area contributed by atoms with E-state index < -0.39 is 9.84 Å². The molecule has 0 atom stereocenters. The van der Waals surface area contributed by atoms with Gasteiger partial charge < -0.3 is 5.32 Å². The predicted molar refractivity (Wildman–Crippen MR) is 82.4 cm³/mol. The van der Waals surface area contributed by atoms with Gasteiger partial charge in [0.2, 0.25) is 0 Å². The maximum absolute atomic E-state index is 11.2. The fourth-order valence-electron chi connectivity index (χ4n) is 2.59. The van der Waals surface area contributed by atoms with E-state index >= 15 is 0 Å². The number of aromatic nitrogens is 2. The molecule has 7 heteroatoms. The van der Waals surface area contributed by atoms with Gasteiger partial charge in [0.05, 0.1) is 11.1 Å². The van der Waals surface area contributed by atoms with Crippen LogP contribution in [-0.2, 0) is 22.7 Å². The second kappa shape index (κ2) is 4.96. The Kier molecular flexibility index (Phi) is 3.41. The number of thiophene rings is 1. The lowest BCUT2D eigenvalue weighted by Gasteiger charge is -2.08. The van der Waals surface area contributed by atoms with Crippen molar-refractivity contribution in [1.29, 1.82) is 0 Å². The van der Waals surface area contributed by atoms with Gasteiger partial charge in [-0.2, -0.15) is 0 Å². The molecule has 1 N–H and O–H groups in total. The molecule has 2 heterocycles. The summed E-state index contributed by atoms with van der Waals surface area (Å²) in [6, 6.07) is 0. The SMILES string of the molecule is Cc1nc(NCCS(C)(=O)=O)c2c3c(sc2n1)CCC3. The van der Waals surface area contributed by atoms with Crippen LogP contribution in [0.4, 0.5) is 5.82 Å². The normalized spacial score (nSPS) is 14.7.